The molecule has 0 unspecified atom stereocenters. The van der Waals surface area contributed by atoms with Gasteiger partial charge in [0.1, 0.15) is 10.6 Å². The van der Waals surface area contributed by atoms with Crippen LogP contribution in [0.5, 0.6) is 5.75 Å². The lowest BCUT2D eigenvalue weighted by Gasteiger charge is -2.34. The SMILES string of the molecule is CCCC(=O)N1CCN(S(=O)(=O)c2cc(C)cc(C)c2OC)CC1. The molecule has 0 bridgehead atoms. The molecule has 2 rings (SSSR count). The summed E-state index contributed by atoms with van der Waals surface area (Å²) in [6.07, 6.45) is 1.31. The number of aryl methyl sites for hydroxylation is 2. The zero-order valence-corrected chi connectivity index (χ0v) is 15.6. The topological polar surface area (TPSA) is 66.9 Å². The van der Waals surface area contributed by atoms with Crippen LogP contribution in [0.4, 0.5) is 0 Å². The minimum Gasteiger partial charge on any atom is -0.495 e. The van der Waals surface area contributed by atoms with Gasteiger partial charge in [-0.2, -0.15) is 4.31 Å². The molecule has 7 heteroatoms. The highest BCUT2D eigenvalue weighted by Crippen LogP contribution is 2.31. The van der Waals surface area contributed by atoms with E-state index in [9.17, 15) is 13.2 Å². The van der Waals surface area contributed by atoms with Crippen LogP contribution in [0.2, 0.25) is 0 Å². The molecule has 0 N–H and O–H groups in total. The van der Waals surface area contributed by atoms with Gasteiger partial charge in [0.05, 0.1) is 7.11 Å². The summed E-state index contributed by atoms with van der Waals surface area (Å²) in [6, 6.07) is 3.55. The number of hydrogen-bond donors (Lipinski definition) is 0. The summed E-state index contributed by atoms with van der Waals surface area (Å²) < 4.78 is 32.8. The fourth-order valence-corrected chi connectivity index (χ4v) is 4.79. The second-order valence-electron chi connectivity index (χ2n) is 6.15. The van der Waals surface area contributed by atoms with Crippen molar-refractivity contribution in [2.24, 2.45) is 0 Å². The van der Waals surface area contributed by atoms with Crippen molar-refractivity contribution in [1.29, 1.82) is 0 Å². The van der Waals surface area contributed by atoms with E-state index >= 15 is 0 Å². The zero-order valence-electron chi connectivity index (χ0n) is 14.8. The molecule has 24 heavy (non-hydrogen) atoms. The molecule has 1 aliphatic heterocycles. The highest BCUT2D eigenvalue weighted by molar-refractivity contribution is 7.89. The highest BCUT2D eigenvalue weighted by atomic mass is 32.2. The van der Waals surface area contributed by atoms with Crippen LogP contribution in [0.15, 0.2) is 17.0 Å². The molecule has 1 fully saturated rings. The van der Waals surface area contributed by atoms with Gasteiger partial charge in [0.15, 0.2) is 0 Å². The minimum absolute atomic E-state index is 0.0959. The van der Waals surface area contributed by atoms with Gasteiger partial charge in [0.25, 0.3) is 0 Å². The first-order valence-electron chi connectivity index (χ1n) is 8.24. The molecule has 1 aromatic carbocycles. The van der Waals surface area contributed by atoms with Crippen molar-refractivity contribution in [3.8, 4) is 5.75 Å². The van der Waals surface area contributed by atoms with E-state index in [1.54, 1.807) is 11.0 Å². The summed E-state index contributed by atoms with van der Waals surface area (Å²) in [5.41, 5.74) is 1.68. The van der Waals surface area contributed by atoms with Gasteiger partial charge in [0.2, 0.25) is 15.9 Å². The Labute approximate surface area is 144 Å². The molecule has 0 radical (unpaired) electrons. The van der Waals surface area contributed by atoms with Crippen LogP contribution in [-0.4, -0.2) is 56.8 Å². The number of hydrogen-bond acceptors (Lipinski definition) is 4. The van der Waals surface area contributed by atoms with E-state index in [2.05, 4.69) is 0 Å². The molecule has 1 saturated heterocycles. The number of sulfonamides is 1. The van der Waals surface area contributed by atoms with E-state index < -0.39 is 10.0 Å². The maximum absolute atomic E-state index is 13.0. The van der Waals surface area contributed by atoms with Gasteiger partial charge in [-0.1, -0.05) is 13.0 Å². The van der Waals surface area contributed by atoms with E-state index in [1.165, 1.54) is 11.4 Å². The Bertz CT molecular complexity index is 708. The normalized spacial score (nSPS) is 16.2. The number of carbonyl (C=O) groups excluding carboxylic acids is 1. The van der Waals surface area contributed by atoms with Crippen LogP contribution in [0, 0.1) is 13.8 Å². The Balaban J connectivity index is 2.23. The Hall–Kier alpha value is -1.60. The van der Waals surface area contributed by atoms with Crippen molar-refractivity contribution in [1.82, 2.24) is 9.21 Å². The Morgan fingerprint density at radius 3 is 2.33 bits per heavy atom. The standard InChI is InChI=1S/C17H26N2O4S/c1-5-6-16(20)18-7-9-19(10-8-18)24(21,22)15-12-13(2)11-14(3)17(15)23-4/h11-12H,5-10H2,1-4H3. The van der Waals surface area contributed by atoms with Crippen molar-refractivity contribution in [2.45, 2.75) is 38.5 Å². The first kappa shape index (κ1) is 18.7. The van der Waals surface area contributed by atoms with Gasteiger partial charge in [-0.15, -0.1) is 0 Å². The number of piperazine rings is 1. The second-order valence-corrected chi connectivity index (χ2v) is 8.05. The molecule has 1 amide bonds. The lowest BCUT2D eigenvalue weighted by molar-refractivity contribution is -0.132. The number of carbonyl (C=O) groups is 1. The average Bonchev–Trinajstić information content (AvgIpc) is 2.54. The average molecular weight is 354 g/mol. The van der Waals surface area contributed by atoms with Crippen LogP contribution in [0.1, 0.15) is 30.9 Å². The van der Waals surface area contributed by atoms with E-state index in [0.29, 0.717) is 38.3 Å². The number of amides is 1. The summed E-state index contributed by atoms with van der Waals surface area (Å²) in [4.78, 5) is 13.9. The minimum atomic E-state index is -3.64. The summed E-state index contributed by atoms with van der Waals surface area (Å²) in [5, 5.41) is 0. The molecule has 6 nitrogen and oxygen atoms in total. The molecule has 0 atom stereocenters. The Morgan fingerprint density at radius 2 is 1.79 bits per heavy atom. The summed E-state index contributed by atoms with van der Waals surface area (Å²) in [7, 11) is -2.16. The predicted octanol–water partition coefficient (Wildman–Crippen LogP) is 1.95. The van der Waals surface area contributed by atoms with Gasteiger partial charge in [-0.25, -0.2) is 8.42 Å². The van der Waals surface area contributed by atoms with Crippen molar-refractivity contribution in [3.05, 3.63) is 23.3 Å². The number of ether oxygens (including phenoxy) is 1. The van der Waals surface area contributed by atoms with Crippen LogP contribution in [-0.2, 0) is 14.8 Å². The third-order valence-corrected chi connectivity index (χ3v) is 6.17. The third-order valence-electron chi connectivity index (χ3n) is 4.26. The number of rotatable bonds is 5. The highest BCUT2D eigenvalue weighted by Gasteiger charge is 2.32. The Kier molecular flexibility index (Phi) is 5.87. The van der Waals surface area contributed by atoms with Gasteiger partial charge in [0, 0.05) is 32.6 Å². The van der Waals surface area contributed by atoms with Gasteiger partial charge in [-0.3, -0.25) is 4.79 Å². The van der Waals surface area contributed by atoms with Crippen LogP contribution >= 0.6 is 0 Å². The lowest BCUT2D eigenvalue weighted by atomic mass is 10.1. The fraction of sp³-hybridized carbons (Fsp3) is 0.588. The molecular formula is C17H26N2O4S. The van der Waals surface area contributed by atoms with Gasteiger partial charge in [-0.05, 0) is 37.5 Å². The monoisotopic (exact) mass is 354 g/mol. The molecule has 1 aliphatic rings. The molecule has 1 heterocycles. The molecule has 0 aromatic heterocycles. The van der Waals surface area contributed by atoms with Crippen molar-refractivity contribution in [2.75, 3.05) is 33.3 Å². The first-order valence-corrected chi connectivity index (χ1v) is 9.68. The largest absolute Gasteiger partial charge is 0.495 e. The molecule has 134 valence electrons. The van der Waals surface area contributed by atoms with Crippen LogP contribution < -0.4 is 4.74 Å². The van der Waals surface area contributed by atoms with Crippen molar-refractivity contribution in [3.63, 3.8) is 0 Å². The van der Waals surface area contributed by atoms with Crippen molar-refractivity contribution < 1.29 is 17.9 Å². The summed E-state index contributed by atoms with van der Waals surface area (Å²) >= 11 is 0. The summed E-state index contributed by atoms with van der Waals surface area (Å²) in [6.45, 7) is 7.17. The smallest absolute Gasteiger partial charge is 0.246 e. The molecule has 0 aliphatic carbocycles. The van der Waals surface area contributed by atoms with E-state index in [1.807, 2.05) is 26.8 Å². The number of benzene rings is 1. The van der Waals surface area contributed by atoms with Crippen LogP contribution in [0.25, 0.3) is 0 Å². The first-order chi connectivity index (χ1) is 11.3. The number of methoxy groups -OCH3 is 1. The molecule has 0 spiro atoms. The summed E-state index contributed by atoms with van der Waals surface area (Å²) in [5.74, 6) is 0.489. The fourth-order valence-electron chi connectivity index (χ4n) is 3.06. The molecular weight excluding hydrogens is 328 g/mol. The van der Waals surface area contributed by atoms with E-state index in [4.69, 9.17) is 4.74 Å². The third kappa shape index (κ3) is 3.72. The quantitative estimate of drug-likeness (QED) is 0.810. The molecule has 0 saturated carbocycles. The maximum atomic E-state index is 13.0. The maximum Gasteiger partial charge on any atom is 0.246 e. The molecule has 1 aromatic rings. The van der Waals surface area contributed by atoms with Gasteiger partial charge < -0.3 is 9.64 Å². The lowest BCUT2D eigenvalue weighted by Crippen LogP contribution is -2.50. The zero-order chi connectivity index (χ0) is 17.9. The Morgan fingerprint density at radius 1 is 1.17 bits per heavy atom. The van der Waals surface area contributed by atoms with E-state index in [0.717, 1.165) is 17.5 Å². The van der Waals surface area contributed by atoms with E-state index in [-0.39, 0.29) is 10.8 Å². The van der Waals surface area contributed by atoms with Crippen molar-refractivity contribution >= 4 is 15.9 Å². The number of nitrogens with zero attached hydrogens (tertiary/aromatic N) is 2. The van der Waals surface area contributed by atoms with Crippen LogP contribution in [0.3, 0.4) is 0 Å². The second kappa shape index (κ2) is 7.53. The predicted molar refractivity (Wildman–Crippen MR) is 92.7 cm³/mol. The van der Waals surface area contributed by atoms with Gasteiger partial charge >= 0.3 is 0 Å².